The van der Waals surface area contributed by atoms with Crippen LogP contribution in [0.15, 0.2) is 54.0 Å². The molecule has 0 radical (unpaired) electrons. The molecular formula is C25H25F2N7O4. The second-order valence-electron chi connectivity index (χ2n) is 9.80. The van der Waals surface area contributed by atoms with E-state index in [2.05, 4.69) is 19.9 Å². The standard InChI is InChI=1S/C25H25F2N7O4/c26-24(27)38-19-5-1-16(2-6-19)22(35)31-9-7-25(37,8-10-31)14-32-15-28-21-20(23(32)36)12-30-34(21)18-11-29-33(13-18)17-3-4-17/h1-2,5-6,11-13,15,17,24,37H,3-4,7-10,14H2. The number of likely N-dealkylation sites (tertiary alicyclic amines) is 1. The minimum absolute atomic E-state index is 0.0283. The van der Waals surface area contributed by atoms with Crippen LogP contribution in [0.4, 0.5) is 8.78 Å². The Balaban J connectivity index is 1.13. The molecule has 3 aromatic heterocycles. The maximum atomic E-state index is 13.2. The molecule has 1 aliphatic carbocycles. The Kier molecular flexibility index (Phi) is 5.94. The van der Waals surface area contributed by atoms with Gasteiger partial charge < -0.3 is 14.7 Å². The van der Waals surface area contributed by atoms with Crippen LogP contribution in [0.1, 0.15) is 42.1 Å². The zero-order valence-electron chi connectivity index (χ0n) is 20.3. The van der Waals surface area contributed by atoms with Gasteiger partial charge in [-0.15, -0.1) is 0 Å². The molecule has 0 bridgehead atoms. The molecular weight excluding hydrogens is 500 g/mol. The van der Waals surface area contributed by atoms with E-state index in [-0.39, 0.29) is 49.7 Å². The Morgan fingerprint density at radius 3 is 2.55 bits per heavy atom. The van der Waals surface area contributed by atoms with E-state index < -0.39 is 12.2 Å². The fraction of sp³-hybridized carbons (Fsp3) is 0.400. The summed E-state index contributed by atoms with van der Waals surface area (Å²) in [5, 5.41) is 20.3. The Hall–Kier alpha value is -4.13. The van der Waals surface area contributed by atoms with Crippen LogP contribution < -0.4 is 10.3 Å². The van der Waals surface area contributed by atoms with Gasteiger partial charge in [0.15, 0.2) is 5.65 Å². The Morgan fingerprint density at radius 2 is 1.87 bits per heavy atom. The largest absolute Gasteiger partial charge is 0.435 e. The van der Waals surface area contributed by atoms with E-state index in [4.69, 9.17) is 0 Å². The highest BCUT2D eigenvalue weighted by molar-refractivity contribution is 5.94. The number of alkyl halides is 2. The van der Waals surface area contributed by atoms with Gasteiger partial charge in [0, 0.05) is 18.7 Å². The molecule has 198 valence electrons. The summed E-state index contributed by atoms with van der Waals surface area (Å²) >= 11 is 0. The lowest BCUT2D eigenvalue weighted by molar-refractivity contribution is -0.0498. The average Bonchev–Trinajstić information content (AvgIpc) is 3.47. The molecule has 0 unspecified atom stereocenters. The number of amides is 1. The van der Waals surface area contributed by atoms with Crippen LogP contribution in [-0.2, 0) is 6.54 Å². The van der Waals surface area contributed by atoms with E-state index in [1.165, 1.54) is 41.4 Å². The van der Waals surface area contributed by atoms with Crippen molar-refractivity contribution >= 4 is 16.9 Å². The average molecular weight is 526 g/mol. The number of carbonyl (C=O) groups is 1. The van der Waals surface area contributed by atoms with Crippen molar-refractivity contribution in [2.24, 2.45) is 0 Å². The molecule has 0 spiro atoms. The SMILES string of the molecule is O=C(c1ccc(OC(F)F)cc1)N1CCC(O)(Cn2cnc3c(cnn3-c3cnn(C4CC4)c3)c2=O)CC1. The summed E-state index contributed by atoms with van der Waals surface area (Å²) in [4.78, 5) is 32.1. The van der Waals surface area contributed by atoms with E-state index in [0.717, 1.165) is 18.5 Å². The van der Waals surface area contributed by atoms with Gasteiger partial charge >= 0.3 is 6.61 Å². The number of rotatable bonds is 7. The second-order valence-corrected chi connectivity index (χ2v) is 9.80. The number of hydrogen-bond donors (Lipinski definition) is 1. The first-order chi connectivity index (χ1) is 18.3. The first kappa shape index (κ1) is 24.2. The van der Waals surface area contributed by atoms with Crippen molar-refractivity contribution in [1.29, 1.82) is 0 Å². The van der Waals surface area contributed by atoms with Crippen LogP contribution >= 0.6 is 0 Å². The number of fused-ring (bicyclic) bond motifs is 1. The number of aromatic nitrogens is 6. The lowest BCUT2D eigenvalue weighted by Gasteiger charge is -2.38. The fourth-order valence-corrected chi connectivity index (χ4v) is 4.79. The topological polar surface area (TPSA) is 120 Å². The molecule has 38 heavy (non-hydrogen) atoms. The summed E-state index contributed by atoms with van der Waals surface area (Å²) in [6.07, 6.45) is 9.19. The second kappa shape index (κ2) is 9.31. The molecule has 1 saturated heterocycles. The third-order valence-electron chi connectivity index (χ3n) is 7.08. The molecule has 4 aromatic rings. The van der Waals surface area contributed by atoms with Crippen LogP contribution in [0.25, 0.3) is 16.7 Å². The Labute approximate surface area is 214 Å². The van der Waals surface area contributed by atoms with E-state index >= 15 is 0 Å². The van der Waals surface area contributed by atoms with E-state index in [9.17, 15) is 23.5 Å². The number of benzene rings is 1. The van der Waals surface area contributed by atoms with E-state index in [1.807, 2.05) is 10.9 Å². The number of nitrogens with zero attached hydrogens (tertiary/aromatic N) is 7. The highest BCUT2D eigenvalue weighted by Gasteiger charge is 2.35. The van der Waals surface area contributed by atoms with Crippen molar-refractivity contribution in [1.82, 2.24) is 34.0 Å². The van der Waals surface area contributed by atoms with Crippen molar-refractivity contribution in [2.45, 2.75) is 50.5 Å². The van der Waals surface area contributed by atoms with Gasteiger partial charge in [-0.1, -0.05) is 0 Å². The van der Waals surface area contributed by atoms with Crippen molar-refractivity contribution in [2.75, 3.05) is 13.1 Å². The maximum absolute atomic E-state index is 13.2. The number of hydrogen-bond acceptors (Lipinski definition) is 7. The van der Waals surface area contributed by atoms with Crippen LogP contribution in [0, 0.1) is 0 Å². The van der Waals surface area contributed by atoms with Gasteiger partial charge in [-0.3, -0.25) is 18.8 Å². The van der Waals surface area contributed by atoms with Gasteiger partial charge in [-0.2, -0.15) is 19.0 Å². The summed E-state index contributed by atoms with van der Waals surface area (Å²) in [6.45, 7) is -2.36. The zero-order chi connectivity index (χ0) is 26.4. The van der Waals surface area contributed by atoms with Crippen LogP contribution in [0.3, 0.4) is 0 Å². The van der Waals surface area contributed by atoms with Gasteiger partial charge in [0.05, 0.1) is 36.8 Å². The molecule has 2 fully saturated rings. The normalized spacial score (nSPS) is 17.3. The van der Waals surface area contributed by atoms with Crippen LogP contribution in [0.2, 0.25) is 0 Å². The van der Waals surface area contributed by atoms with Gasteiger partial charge in [0.2, 0.25) is 0 Å². The lowest BCUT2D eigenvalue weighted by Crippen LogP contribution is -2.49. The van der Waals surface area contributed by atoms with Crippen LogP contribution in [0.5, 0.6) is 5.75 Å². The Bertz CT molecular complexity index is 1530. The van der Waals surface area contributed by atoms with E-state index in [0.29, 0.717) is 22.6 Å². The highest BCUT2D eigenvalue weighted by Crippen LogP contribution is 2.34. The third-order valence-corrected chi connectivity index (χ3v) is 7.08. The summed E-state index contributed by atoms with van der Waals surface area (Å²) < 4.78 is 33.9. The number of carbonyl (C=O) groups excluding carboxylic acids is 1. The van der Waals surface area contributed by atoms with Crippen molar-refractivity contribution in [3.05, 3.63) is 65.1 Å². The molecule has 1 aliphatic heterocycles. The van der Waals surface area contributed by atoms with Crippen molar-refractivity contribution in [3.63, 3.8) is 0 Å². The molecule has 1 saturated carbocycles. The summed E-state index contributed by atoms with van der Waals surface area (Å²) in [5.41, 5.74) is -0.0364. The molecule has 6 rings (SSSR count). The smallest absolute Gasteiger partial charge is 0.387 e. The molecule has 0 atom stereocenters. The van der Waals surface area contributed by atoms with Crippen molar-refractivity contribution < 1.29 is 23.4 Å². The number of ether oxygens (including phenoxy) is 1. The van der Waals surface area contributed by atoms with Crippen molar-refractivity contribution in [3.8, 4) is 11.4 Å². The predicted molar refractivity (Wildman–Crippen MR) is 130 cm³/mol. The van der Waals surface area contributed by atoms with Crippen LogP contribution in [-0.4, -0.2) is 70.3 Å². The summed E-state index contributed by atoms with van der Waals surface area (Å²) in [7, 11) is 0. The molecule has 2 aliphatic rings. The summed E-state index contributed by atoms with van der Waals surface area (Å²) in [5.74, 6) is -0.298. The van der Waals surface area contributed by atoms with Gasteiger partial charge in [0.1, 0.15) is 23.2 Å². The molecule has 1 aromatic carbocycles. The molecule has 1 N–H and O–H groups in total. The molecule has 13 heteroatoms. The monoisotopic (exact) mass is 525 g/mol. The molecule has 4 heterocycles. The third kappa shape index (κ3) is 4.64. The lowest BCUT2D eigenvalue weighted by atomic mass is 9.91. The minimum Gasteiger partial charge on any atom is -0.435 e. The number of aliphatic hydroxyl groups is 1. The number of piperidine rings is 1. The first-order valence-electron chi connectivity index (χ1n) is 12.3. The fourth-order valence-electron chi connectivity index (χ4n) is 4.79. The zero-order valence-corrected chi connectivity index (χ0v) is 20.3. The molecule has 1 amide bonds. The minimum atomic E-state index is -2.94. The van der Waals surface area contributed by atoms with Gasteiger partial charge in [-0.05, 0) is 49.9 Å². The van der Waals surface area contributed by atoms with E-state index in [1.54, 1.807) is 15.8 Å². The van der Waals surface area contributed by atoms with Gasteiger partial charge in [0.25, 0.3) is 11.5 Å². The molecule has 11 nitrogen and oxygen atoms in total. The predicted octanol–water partition coefficient (Wildman–Crippen LogP) is 2.38. The quantitative estimate of drug-likeness (QED) is 0.393. The van der Waals surface area contributed by atoms with Gasteiger partial charge in [-0.25, -0.2) is 9.67 Å². The first-order valence-corrected chi connectivity index (χ1v) is 12.3. The summed E-state index contributed by atoms with van der Waals surface area (Å²) in [6, 6.07) is 5.91. The maximum Gasteiger partial charge on any atom is 0.387 e. The highest BCUT2D eigenvalue weighted by atomic mass is 19.3. The Morgan fingerprint density at radius 1 is 1.13 bits per heavy atom. The number of halogens is 2.